The van der Waals surface area contributed by atoms with Gasteiger partial charge in [-0.05, 0) is 37.5 Å². The van der Waals surface area contributed by atoms with Crippen LogP contribution >= 0.6 is 0 Å². The minimum absolute atomic E-state index is 0.243. The van der Waals surface area contributed by atoms with Gasteiger partial charge in [0, 0.05) is 25.2 Å². The first-order valence-corrected chi connectivity index (χ1v) is 7.15. The molecule has 0 amide bonds. The van der Waals surface area contributed by atoms with E-state index in [4.69, 9.17) is 10.8 Å². The van der Waals surface area contributed by atoms with Gasteiger partial charge in [0.2, 0.25) is 0 Å². The molecule has 0 bridgehead atoms. The second-order valence-corrected chi connectivity index (χ2v) is 5.98. The van der Waals surface area contributed by atoms with Crippen LogP contribution in [0.5, 0.6) is 0 Å². The Morgan fingerprint density at radius 1 is 1.24 bits per heavy atom. The molecule has 17 heavy (non-hydrogen) atoms. The third-order valence-electron chi connectivity index (χ3n) is 4.50. The molecule has 1 aliphatic rings. The summed E-state index contributed by atoms with van der Waals surface area (Å²) in [4.78, 5) is 0. The molecule has 102 valence electrons. The summed E-state index contributed by atoms with van der Waals surface area (Å²) in [6.07, 6.45) is 5.28. The average Bonchev–Trinajstić information content (AvgIpc) is 2.35. The zero-order valence-corrected chi connectivity index (χ0v) is 11.7. The fourth-order valence-electron chi connectivity index (χ4n) is 2.74. The van der Waals surface area contributed by atoms with Crippen molar-refractivity contribution in [2.24, 2.45) is 23.5 Å². The van der Waals surface area contributed by atoms with Crippen LogP contribution in [0.3, 0.4) is 0 Å². The standard InChI is InChI=1S/C14H30N2O/c1-10-4-6-13(7-5-10)14(8-15)16-12(3)11(2)9-17/h10-14,16-17H,4-9,15H2,1-3H3. The van der Waals surface area contributed by atoms with Gasteiger partial charge in [-0.1, -0.05) is 26.7 Å². The maximum Gasteiger partial charge on any atom is 0.0471 e. The Hall–Kier alpha value is -0.120. The number of aliphatic hydroxyl groups is 1. The van der Waals surface area contributed by atoms with E-state index >= 15 is 0 Å². The van der Waals surface area contributed by atoms with Gasteiger partial charge in [0.05, 0.1) is 0 Å². The third kappa shape index (κ3) is 4.57. The van der Waals surface area contributed by atoms with Gasteiger partial charge < -0.3 is 16.2 Å². The molecule has 0 aliphatic heterocycles. The van der Waals surface area contributed by atoms with Crippen molar-refractivity contribution in [3.05, 3.63) is 0 Å². The molecule has 0 heterocycles. The molecule has 1 saturated carbocycles. The molecule has 3 atom stereocenters. The van der Waals surface area contributed by atoms with Crippen molar-refractivity contribution >= 4 is 0 Å². The lowest BCUT2D eigenvalue weighted by Crippen LogP contribution is -2.49. The van der Waals surface area contributed by atoms with E-state index in [1.165, 1.54) is 25.7 Å². The van der Waals surface area contributed by atoms with Crippen molar-refractivity contribution < 1.29 is 5.11 Å². The number of rotatable bonds is 6. The Morgan fingerprint density at radius 3 is 2.29 bits per heavy atom. The van der Waals surface area contributed by atoms with Gasteiger partial charge in [-0.15, -0.1) is 0 Å². The average molecular weight is 242 g/mol. The van der Waals surface area contributed by atoms with Crippen molar-refractivity contribution in [2.75, 3.05) is 13.2 Å². The van der Waals surface area contributed by atoms with Crippen LogP contribution in [0, 0.1) is 17.8 Å². The lowest BCUT2D eigenvalue weighted by molar-refractivity contribution is 0.175. The molecule has 3 heteroatoms. The SMILES string of the molecule is CC1CCC(C(CN)NC(C)C(C)CO)CC1. The maximum atomic E-state index is 9.16. The Balaban J connectivity index is 2.42. The fourth-order valence-corrected chi connectivity index (χ4v) is 2.74. The summed E-state index contributed by atoms with van der Waals surface area (Å²) < 4.78 is 0. The Morgan fingerprint density at radius 2 is 1.82 bits per heavy atom. The molecule has 0 aromatic heterocycles. The van der Waals surface area contributed by atoms with Gasteiger partial charge in [0.25, 0.3) is 0 Å². The van der Waals surface area contributed by atoms with Gasteiger partial charge in [0.1, 0.15) is 0 Å². The summed E-state index contributed by atoms with van der Waals surface area (Å²) in [6, 6.07) is 0.763. The van der Waals surface area contributed by atoms with E-state index < -0.39 is 0 Å². The van der Waals surface area contributed by atoms with E-state index in [-0.39, 0.29) is 6.61 Å². The van der Waals surface area contributed by atoms with E-state index in [2.05, 4.69) is 26.1 Å². The van der Waals surface area contributed by atoms with Crippen molar-refractivity contribution in [3.63, 3.8) is 0 Å². The van der Waals surface area contributed by atoms with Crippen LogP contribution in [0.15, 0.2) is 0 Å². The fraction of sp³-hybridized carbons (Fsp3) is 1.00. The Bertz CT molecular complexity index is 202. The predicted molar refractivity (Wildman–Crippen MR) is 72.8 cm³/mol. The molecular formula is C14H30N2O. The van der Waals surface area contributed by atoms with Gasteiger partial charge in [-0.3, -0.25) is 0 Å². The zero-order valence-electron chi connectivity index (χ0n) is 11.7. The van der Waals surface area contributed by atoms with Gasteiger partial charge in [0.15, 0.2) is 0 Å². The summed E-state index contributed by atoms with van der Waals surface area (Å²) in [5.74, 6) is 1.91. The number of nitrogens with two attached hydrogens (primary N) is 1. The summed E-state index contributed by atoms with van der Waals surface area (Å²) in [6.45, 7) is 7.52. The van der Waals surface area contributed by atoms with Crippen molar-refractivity contribution in [3.8, 4) is 0 Å². The van der Waals surface area contributed by atoms with E-state index in [1.807, 2.05) is 0 Å². The summed E-state index contributed by atoms with van der Waals surface area (Å²) in [5, 5.41) is 12.8. The first kappa shape index (κ1) is 14.9. The second-order valence-electron chi connectivity index (χ2n) is 5.98. The van der Waals surface area contributed by atoms with E-state index in [9.17, 15) is 0 Å². The van der Waals surface area contributed by atoms with Crippen molar-refractivity contribution in [2.45, 2.75) is 58.5 Å². The first-order valence-electron chi connectivity index (χ1n) is 7.15. The molecule has 0 spiro atoms. The highest BCUT2D eigenvalue weighted by molar-refractivity contribution is 4.84. The molecule has 1 aliphatic carbocycles. The zero-order chi connectivity index (χ0) is 12.8. The lowest BCUT2D eigenvalue weighted by Gasteiger charge is -2.35. The van der Waals surface area contributed by atoms with Crippen molar-refractivity contribution in [1.82, 2.24) is 5.32 Å². The van der Waals surface area contributed by atoms with Gasteiger partial charge >= 0.3 is 0 Å². The number of aliphatic hydroxyl groups excluding tert-OH is 1. The molecular weight excluding hydrogens is 212 g/mol. The van der Waals surface area contributed by atoms with Crippen LogP contribution in [0.4, 0.5) is 0 Å². The minimum atomic E-state index is 0.243. The number of nitrogens with one attached hydrogen (secondary N) is 1. The largest absolute Gasteiger partial charge is 0.396 e. The second kappa shape index (κ2) is 7.34. The normalized spacial score (nSPS) is 30.9. The molecule has 0 aromatic carbocycles. The molecule has 0 aromatic rings. The summed E-state index contributed by atoms with van der Waals surface area (Å²) in [5.41, 5.74) is 5.90. The molecule has 1 rings (SSSR count). The molecule has 4 N–H and O–H groups in total. The summed E-state index contributed by atoms with van der Waals surface area (Å²) >= 11 is 0. The van der Waals surface area contributed by atoms with Crippen LogP contribution in [0.1, 0.15) is 46.5 Å². The van der Waals surface area contributed by atoms with E-state index in [0.29, 0.717) is 24.5 Å². The monoisotopic (exact) mass is 242 g/mol. The highest BCUT2D eigenvalue weighted by atomic mass is 16.3. The topological polar surface area (TPSA) is 58.3 Å². The van der Waals surface area contributed by atoms with E-state index in [0.717, 1.165) is 11.8 Å². The van der Waals surface area contributed by atoms with Gasteiger partial charge in [-0.2, -0.15) is 0 Å². The Labute approximate surface area is 106 Å². The number of hydrogen-bond donors (Lipinski definition) is 3. The highest BCUT2D eigenvalue weighted by Crippen LogP contribution is 2.30. The molecule has 3 unspecified atom stereocenters. The third-order valence-corrected chi connectivity index (χ3v) is 4.50. The molecule has 0 radical (unpaired) electrons. The molecule has 0 saturated heterocycles. The predicted octanol–water partition coefficient (Wildman–Crippen LogP) is 1.75. The smallest absolute Gasteiger partial charge is 0.0471 e. The van der Waals surface area contributed by atoms with Crippen molar-refractivity contribution in [1.29, 1.82) is 0 Å². The lowest BCUT2D eigenvalue weighted by atomic mass is 9.79. The van der Waals surface area contributed by atoms with Crippen LogP contribution in [-0.4, -0.2) is 30.3 Å². The first-order chi connectivity index (χ1) is 8.08. The molecule has 1 fully saturated rings. The van der Waals surface area contributed by atoms with Crippen LogP contribution in [-0.2, 0) is 0 Å². The maximum absolute atomic E-state index is 9.16. The summed E-state index contributed by atoms with van der Waals surface area (Å²) in [7, 11) is 0. The highest BCUT2D eigenvalue weighted by Gasteiger charge is 2.26. The van der Waals surface area contributed by atoms with Gasteiger partial charge in [-0.25, -0.2) is 0 Å². The van der Waals surface area contributed by atoms with Crippen LogP contribution in [0.2, 0.25) is 0 Å². The van der Waals surface area contributed by atoms with E-state index in [1.54, 1.807) is 0 Å². The number of hydrogen-bond acceptors (Lipinski definition) is 3. The molecule has 3 nitrogen and oxygen atoms in total. The quantitative estimate of drug-likeness (QED) is 0.665. The van der Waals surface area contributed by atoms with Crippen LogP contribution in [0.25, 0.3) is 0 Å². The van der Waals surface area contributed by atoms with Crippen LogP contribution < -0.4 is 11.1 Å². The minimum Gasteiger partial charge on any atom is -0.396 e. The Kier molecular flexibility index (Phi) is 6.45.